The Bertz CT molecular complexity index is 578. The van der Waals surface area contributed by atoms with Crippen LogP contribution in [0.3, 0.4) is 0 Å². The fourth-order valence-electron chi connectivity index (χ4n) is 2.20. The van der Waals surface area contributed by atoms with E-state index in [1.54, 1.807) is 18.7 Å². The van der Waals surface area contributed by atoms with E-state index in [9.17, 15) is 0 Å². The van der Waals surface area contributed by atoms with Gasteiger partial charge in [-0.2, -0.15) is 5.26 Å². The number of nitriles is 1. The van der Waals surface area contributed by atoms with Crippen molar-refractivity contribution in [2.45, 2.75) is 25.5 Å². The number of hydrogen-bond donors (Lipinski definition) is 0. The van der Waals surface area contributed by atoms with E-state index in [-0.39, 0.29) is 6.23 Å². The van der Waals surface area contributed by atoms with Gasteiger partial charge in [0.05, 0.1) is 23.6 Å². The summed E-state index contributed by atoms with van der Waals surface area (Å²) in [7, 11) is 0. The highest BCUT2D eigenvalue weighted by atomic mass is 16.5. The van der Waals surface area contributed by atoms with Crippen molar-refractivity contribution in [3.63, 3.8) is 0 Å². The molecule has 1 aliphatic rings. The highest BCUT2D eigenvalue weighted by Crippen LogP contribution is 2.26. The molecule has 0 aromatic carbocycles. The molecule has 2 aromatic heterocycles. The Hall–Kier alpha value is -1.93. The summed E-state index contributed by atoms with van der Waals surface area (Å²) in [6.07, 6.45) is 8.32. The molecule has 0 saturated carbocycles. The van der Waals surface area contributed by atoms with Crippen molar-refractivity contribution in [2.24, 2.45) is 0 Å². The Kier molecular flexibility index (Phi) is 2.50. The third-order valence-corrected chi connectivity index (χ3v) is 3.07. The van der Waals surface area contributed by atoms with Crippen LogP contribution in [0.2, 0.25) is 0 Å². The molecule has 0 aliphatic carbocycles. The first kappa shape index (κ1) is 10.2. The van der Waals surface area contributed by atoms with Crippen molar-refractivity contribution < 1.29 is 4.74 Å². The largest absolute Gasteiger partial charge is 0.358 e. The van der Waals surface area contributed by atoms with E-state index >= 15 is 0 Å². The van der Waals surface area contributed by atoms with Crippen molar-refractivity contribution in [1.82, 2.24) is 14.5 Å². The molecule has 0 bridgehead atoms. The molecule has 0 radical (unpaired) electrons. The van der Waals surface area contributed by atoms with Gasteiger partial charge in [0.15, 0.2) is 0 Å². The quantitative estimate of drug-likeness (QED) is 0.748. The minimum absolute atomic E-state index is 0.0319. The van der Waals surface area contributed by atoms with Gasteiger partial charge in [0, 0.05) is 12.8 Å². The molecule has 17 heavy (non-hydrogen) atoms. The lowest BCUT2D eigenvalue weighted by molar-refractivity contribution is -0.0295. The maximum atomic E-state index is 8.98. The van der Waals surface area contributed by atoms with Crippen molar-refractivity contribution in [3.8, 4) is 6.07 Å². The third kappa shape index (κ3) is 1.67. The van der Waals surface area contributed by atoms with Gasteiger partial charge in [0.1, 0.15) is 17.8 Å². The highest BCUT2D eigenvalue weighted by molar-refractivity contribution is 5.80. The van der Waals surface area contributed by atoms with Crippen LogP contribution >= 0.6 is 0 Å². The Labute approximate surface area is 98.7 Å². The molecule has 0 spiro atoms. The van der Waals surface area contributed by atoms with Gasteiger partial charge in [-0.25, -0.2) is 4.98 Å². The number of pyridine rings is 1. The standard InChI is InChI=1S/C12H12N4O/c13-5-9-6-14-7-10-12(9)15-8-16(10)11-3-1-2-4-17-11/h6-8,11H,1-4H2. The summed E-state index contributed by atoms with van der Waals surface area (Å²) in [5.74, 6) is 0. The molecular weight excluding hydrogens is 216 g/mol. The van der Waals surface area contributed by atoms with E-state index in [0.717, 1.165) is 31.4 Å². The maximum absolute atomic E-state index is 8.98. The molecule has 0 N–H and O–H groups in total. The molecular formula is C12H12N4O. The molecule has 86 valence electrons. The Morgan fingerprint density at radius 2 is 2.35 bits per heavy atom. The van der Waals surface area contributed by atoms with E-state index in [1.165, 1.54) is 0 Å². The molecule has 0 amide bonds. The summed E-state index contributed by atoms with van der Waals surface area (Å²) in [6.45, 7) is 0.787. The summed E-state index contributed by atoms with van der Waals surface area (Å²) in [6, 6.07) is 2.11. The predicted molar refractivity (Wildman–Crippen MR) is 61.1 cm³/mol. The van der Waals surface area contributed by atoms with Crippen molar-refractivity contribution in [2.75, 3.05) is 6.61 Å². The molecule has 1 fully saturated rings. The molecule has 1 saturated heterocycles. The van der Waals surface area contributed by atoms with E-state index in [1.807, 2.05) is 4.57 Å². The van der Waals surface area contributed by atoms with E-state index in [4.69, 9.17) is 10.00 Å². The van der Waals surface area contributed by atoms with Crippen LogP contribution in [0.1, 0.15) is 31.1 Å². The van der Waals surface area contributed by atoms with Crippen molar-refractivity contribution >= 4 is 11.0 Å². The van der Waals surface area contributed by atoms with Crippen LogP contribution in [0.15, 0.2) is 18.7 Å². The normalized spacial score (nSPS) is 20.3. The van der Waals surface area contributed by atoms with Gasteiger partial charge in [0.25, 0.3) is 0 Å². The van der Waals surface area contributed by atoms with Gasteiger partial charge in [-0.1, -0.05) is 0 Å². The van der Waals surface area contributed by atoms with Crippen molar-refractivity contribution in [3.05, 3.63) is 24.3 Å². The number of rotatable bonds is 1. The summed E-state index contributed by atoms with van der Waals surface area (Å²) in [5, 5.41) is 8.98. The first-order valence-corrected chi connectivity index (χ1v) is 5.72. The van der Waals surface area contributed by atoms with Gasteiger partial charge in [-0.3, -0.25) is 4.98 Å². The second-order valence-electron chi connectivity index (χ2n) is 4.14. The topological polar surface area (TPSA) is 63.7 Å². The molecule has 1 unspecified atom stereocenters. The first-order chi connectivity index (χ1) is 8.40. The Morgan fingerprint density at radius 1 is 1.41 bits per heavy atom. The summed E-state index contributed by atoms with van der Waals surface area (Å²) < 4.78 is 7.69. The molecule has 2 aromatic rings. The van der Waals surface area contributed by atoms with E-state index in [0.29, 0.717) is 11.1 Å². The second kappa shape index (κ2) is 4.15. The zero-order chi connectivity index (χ0) is 11.7. The molecule has 1 atom stereocenters. The van der Waals surface area contributed by atoms with Gasteiger partial charge in [-0.15, -0.1) is 0 Å². The molecule has 3 rings (SSSR count). The summed E-state index contributed by atoms with van der Waals surface area (Å²) in [5.41, 5.74) is 2.09. The zero-order valence-corrected chi connectivity index (χ0v) is 9.33. The highest BCUT2D eigenvalue weighted by Gasteiger charge is 2.18. The number of nitrogens with zero attached hydrogens (tertiary/aromatic N) is 4. The average Bonchev–Trinajstić information content (AvgIpc) is 2.83. The minimum Gasteiger partial charge on any atom is -0.358 e. The maximum Gasteiger partial charge on any atom is 0.135 e. The zero-order valence-electron chi connectivity index (χ0n) is 9.33. The lowest BCUT2D eigenvalue weighted by Gasteiger charge is -2.24. The molecule has 1 aliphatic heterocycles. The van der Waals surface area contributed by atoms with E-state index < -0.39 is 0 Å². The van der Waals surface area contributed by atoms with Gasteiger partial charge in [0.2, 0.25) is 0 Å². The monoisotopic (exact) mass is 228 g/mol. The lowest BCUT2D eigenvalue weighted by atomic mass is 10.2. The fourth-order valence-corrected chi connectivity index (χ4v) is 2.20. The van der Waals surface area contributed by atoms with Crippen LogP contribution in [-0.4, -0.2) is 21.1 Å². The second-order valence-corrected chi connectivity index (χ2v) is 4.14. The van der Waals surface area contributed by atoms with Crippen LogP contribution < -0.4 is 0 Å². The number of ether oxygens (including phenoxy) is 1. The number of fused-ring (bicyclic) bond motifs is 1. The SMILES string of the molecule is N#Cc1cncc2c1ncn2C1CCCCO1. The van der Waals surface area contributed by atoms with E-state index in [2.05, 4.69) is 16.0 Å². The summed E-state index contributed by atoms with van der Waals surface area (Å²) >= 11 is 0. The van der Waals surface area contributed by atoms with Crippen LogP contribution in [0.5, 0.6) is 0 Å². The van der Waals surface area contributed by atoms with Gasteiger partial charge < -0.3 is 9.30 Å². The van der Waals surface area contributed by atoms with Gasteiger partial charge in [-0.05, 0) is 19.3 Å². The van der Waals surface area contributed by atoms with Gasteiger partial charge >= 0.3 is 0 Å². The predicted octanol–water partition coefficient (Wildman–Crippen LogP) is 2.00. The minimum atomic E-state index is 0.0319. The molecule has 3 heterocycles. The number of imidazole rings is 1. The molecule has 5 heteroatoms. The summed E-state index contributed by atoms with van der Waals surface area (Å²) in [4.78, 5) is 8.36. The van der Waals surface area contributed by atoms with Crippen LogP contribution in [0.4, 0.5) is 0 Å². The van der Waals surface area contributed by atoms with Crippen LogP contribution in [-0.2, 0) is 4.74 Å². The first-order valence-electron chi connectivity index (χ1n) is 5.72. The smallest absolute Gasteiger partial charge is 0.135 e. The van der Waals surface area contributed by atoms with Crippen LogP contribution in [0.25, 0.3) is 11.0 Å². The number of aromatic nitrogens is 3. The molecule has 5 nitrogen and oxygen atoms in total. The fraction of sp³-hybridized carbons (Fsp3) is 0.417. The average molecular weight is 228 g/mol. The van der Waals surface area contributed by atoms with Crippen LogP contribution in [0, 0.1) is 11.3 Å². The number of hydrogen-bond acceptors (Lipinski definition) is 4. The van der Waals surface area contributed by atoms with Crippen molar-refractivity contribution in [1.29, 1.82) is 5.26 Å². The lowest BCUT2D eigenvalue weighted by Crippen LogP contribution is -2.17. The third-order valence-electron chi connectivity index (χ3n) is 3.07. The Morgan fingerprint density at radius 3 is 3.12 bits per heavy atom. The Balaban J connectivity index is 2.09.